The van der Waals surface area contributed by atoms with Crippen molar-refractivity contribution in [2.75, 3.05) is 13.1 Å². The number of pyridine rings is 1. The van der Waals surface area contributed by atoms with Gasteiger partial charge in [0.25, 0.3) is 0 Å². The molecule has 1 saturated heterocycles. The van der Waals surface area contributed by atoms with Crippen LogP contribution in [0.4, 0.5) is 0 Å². The number of amides is 1. The number of hydrogen-bond donors (Lipinski definition) is 3. The molecule has 2 heterocycles. The molecular weight excluding hydrogens is 289 g/mol. The number of carbonyl (C=O) groups excluding carboxylic acids is 1. The lowest BCUT2D eigenvalue weighted by molar-refractivity contribution is -0.126. The van der Waals surface area contributed by atoms with Gasteiger partial charge < -0.3 is 15.6 Å². The van der Waals surface area contributed by atoms with Crippen molar-refractivity contribution in [3.63, 3.8) is 0 Å². The van der Waals surface area contributed by atoms with Crippen molar-refractivity contribution in [1.29, 1.82) is 0 Å². The molecular formula is C12H19Cl2N3O2. The minimum atomic E-state index is -0.131. The topological polar surface area (TPSA) is 74.0 Å². The summed E-state index contributed by atoms with van der Waals surface area (Å²) >= 11 is 0. The molecule has 2 rings (SSSR count). The van der Waals surface area contributed by atoms with Crippen LogP contribution in [0.15, 0.2) is 23.1 Å². The number of H-pyrrole nitrogens is 1. The van der Waals surface area contributed by atoms with Crippen LogP contribution in [-0.4, -0.2) is 24.0 Å². The first-order valence-corrected chi connectivity index (χ1v) is 5.83. The lowest BCUT2D eigenvalue weighted by Crippen LogP contribution is -2.49. The van der Waals surface area contributed by atoms with Crippen LogP contribution in [0.25, 0.3) is 0 Å². The van der Waals surface area contributed by atoms with Gasteiger partial charge in [-0.25, -0.2) is 0 Å². The van der Waals surface area contributed by atoms with Crippen LogP contribution in [0.1, 0.15) is 12.5 Å². The molecule has 1 fully saturated rings. The highest BCUT2D eigenvalue weighted by Gasteiger charge is 2.28. The molecule has 108 valence electrons. The molecule has 0 bridgehead atoms. The van der Waals surface area contributed by atoms with Crippen LogP contribution in [0.3, 0.4) is 0 Å². The maximum Gasteiger partial charge on any atom is 0.247 e. The number of hydrogen-bond acceptors (Lipinski definition) is 3. The average Bonchev–Trinajstić information content (AvgIpc) is 2.25. The van der Waals surface area contributed by atoms with Gasteiger partial charge in [0.1, 0.15) is 0 Å². The van der Waals surface area contributed by atoms with Gasteiger partial charge in [-0.15, -0.1) is 24.8 Å². The lowest BCUT2D eigenvalue weighted by Gasteiger charge is -2.31. The Labute approximate surface area is 124 Å². The fourth-order valence-corrected chi connectivity index (χ4v) is 1.78. The summed E-state index contributed by atoms with van der Waals surface area (Å²) in [6.45, 7) is 4.26. The Morgan fingerprint density at radius 1 is 1.42 bits per heavy atom. The zero-order valence-electron chi connectivity index (χ0n) is 10.6. The smallest absolute Gasteiger partial charge is 0.247 e. The monoisotopic (exact) mass is 307 g/mol. The van der Waals surface area contributed by atoms with Gasteiger partial charge in [0.15, 0.2) is 0 Å². The van der Waals surface area contributed by atoms with Crippen molar-refractivity contribution in [2.45, 2.75) is 13.5 Å². The summed E-state index contributed by atoms with van der Waals surface area (Å²) in [7, 11) is 0. The zero-order chi connectivity index (χ0) is 12.3. The Bertz CT molecular complexity index is 440. The minimum Gasteiger partial charge on any atom is -0.352 e. The molecule has 1 aliphatic heterocycles. The average molecular weight is 308 g/mol. The summed E-state index contributed by atoms with van der Waals surface area (Å²) in [4.78, 5) is 25.2. The number of halogens is 2. The summed E-state index contributed by atoms with van der Waals surface area (Å²) in [5.41, 5.74) is 0.769. The van der Waals surface area contributed by atoms with E-state index in [1.165, 1.54) is 6.07 Å². The van der Waals surface area contributed by atoms with Crippen LogP contribution in [0, 0.1) is 11.8 Å². The van der Waals surface area contributed by atoms with Gasteiger partial charge in [-0.1, -0.05) is 13.0 Å². The van der Waals surface area contributed by atoms with E-state index in [4.69, 9.17) is 0 Å². The first-order chi connectivity index (χ1) is 8.16. The molecule has 0 aliphatic carbocycles. The van der Waals surface area contributed by atoms with Crippen LogP contribution in [0.5, 0.6) is 0 Å². The Morgan fingerprint density at radius 2 is 2.11 bits per heavy atom. The molecule has 0 saturated carbocycles. The van der Waals surface area contributed by atoms with Crippen molar-refractivity contribution >= 4 is 30.7 Å². The summed E-state index contributed by atoms with van der Waals surface area (Å²) in [6, 6.07) is 3.18. The summed E-state index contributed by atoms with van der Waals surface area (Å²) in [6.07, 6.45) is 1.62. The second-order valence-corrected chi connectivity index (χ2v) is 4.49. The number of aromatic nitrogens is 1. The van der Waals surface area contributed by atoms with E-state index in [1.54, 1.807) is 12.3 Å². The Morgan fingerprint density at radius 3 is 2.58 bits per heavy atom. The van der Waals surface area contributed by atoms with Crippen molar-refractivity contribution in [2.24, 2.45) is 11.8 Å². The third-order valence-electron chi connectivity index (χ3n) is 3.25. The van der Waals surface area contributed by atoms with Crippen molar-refractivity contribution in [3.8, 4) is 0 Å². The first kappa shape index (κ1) is 18.0. The Balaban J connectivity index is 0.00000162. The lowest BCUT2D eigenvalue weighted by atomic mass is 9.88. The van der Waals surface area contributed by atoms with Crippen molar-refractivity contribution in [3.05, 3.63) is 34.2 Å². The van der Waals surface area contributed by atoms with Gasteiger partial charge in [0, 0.05) is 24.7 Å². The Kier molecular flexibility index (Phi) is 7.75. The summed E-state index contributed by atoms with van der Waals surface area (Å²) in [5.74, 6) is 0.562. The standard InChI is InChI=1S/C12H17N3O2.2ClH/c1-8(10-6-13-7-10)12(17)15-5-9-2-3-11(16)14-4-9;;/h2-4,8,10,13H,5-7H2,1H3,(H,14,16)(H,15,17);2*1H. The van der Waals surface area contributed by atoms with E-state index in [9.17, 15) is 9.59 Å². The second kappa shape index (κ2) is 8.19. The predicted molar refractivity (Wildman–Crippen MR) is 78.9 cm³/mol. The minimum absolute atomic E-state index is 0. The van der Waals surface area contributed by atoms with Gasteiger partial charge >= 0.3 is 0 Å². The zero-order valence-corrected chi connectivity index (χ0v) is 12.3. The highest BCUT2D eigenvalue weighted by atomic mass is 35.5. The molecule has 0 spiro atoms. The van der Waals surface area contributed by atoms with Gasteiger partial charge in [0.05, 0.1) is 0 Å². The quantitative estimate of drug-likeness (QED) is 0.766. The highest BCUT2D eigenvalue weighted by Crippen LogP contribution is 2.15. The molecule has 1 atom stereocenters. The molecule has 0 radical (unpaired) electrons. The molecule has 1 aromatic rings. The number of rotatable bonds is 4. The Hall–Kier alpha value is -1.04. The van der Waals surface area contributed by atoms with Crippen LogP contribution in [0.2, 0.25) is 0 Å². The van der Waals surface area contributed by atoms with Gasteiger partial charge in [-0.3, -0.25) is 9.59 Å². The molecule has 3 N–H and O–H groups in total. The summed E-state index contributed by atoms with van der Waals surface area (Å²) < 4.78 is 0. The SMILES string of the molecule is CC(C(=O)NCc1ccc(=O)[nH]c1)C1CNC1.Cl.Cl. The normalized spacial score (nSPS) is 15.4. The fraction of sp³-hybridized carbons (Fsp3) is 0.500. The van der Waals surface area contributed by atoms with E-state index >= 15 is 0 Å². The van der Waals surface area contributed by atoms with Crippen molar-refractivity contribution in [1.82, 2.24) is 15.6 Å². The molecule has 1 aliphatic rings. The van der Waals surface area contributed by atoms with Gasteiger partial charge in [-0.05, 0) is 24.6 Å². The maximum absolute atomic E-state index is 11.8. The maximum atomic E-state index is 11.8. The van der Waals surface area contributed by atoms with E-state index in [-0.39, 0.29) is 42.2 Å². The van der Waals surface area contributed by atoms with Gasteiger partial charge in [0.2, 0.25) is 11.5 Å². The van der Waals surface area contributed by atoms with Crippen LogP contribution < -0.4 is 16.2 Å². The van der Waals surface area contributed by atoms with E-state index < -0.39 is 0 Å². The van der Waals surface area contributed by atoms with Crippen molar-refractivity contribution < 1.29 is 4.79 Å². The number of carbonyl (C=O) groups is 1. The molecule has 0 aromatic carbocycles. The second-order valence-electron chi connectivity index (χ2n) is 4.49. The number of nitrogens with one attached hydrogen (secondary N) is 3. The molecule has 1 aromatic heterocycles. The molecule has 1 unspecified atom stereocenters. The molecule has 7 heteroatoms. The van der Waals surface area contributed by atoms with Crippen LogP contribution in [-0.2, 0) is 11.3 Å². The highest BCUT2D eigenvalue weighted by molar-refractivity contribution is 5.85. The fourth-order valence-electron chi connectivity index (χ4n) is 1.78. The van der Waals surface area contributed by atoms with E-state index in [2.05, 4.69) is 15.6 Å². The third kappa shape index (κ3) is 4.86. The van der Waals surface area contributed by atoms with Gasteiger partial charge in [-0.2, -0.15) is 0 Å². The molecule has 5 nitrogen and oxygen atoms in total. The first-order valence-electron chi connectivity index (χ1n) is 5.83. The summed E-state index contributed by atoms with van der Waals surface area (Å²) in [5, 5.41) is 6.04. The third-order valence-corrected chi connectivity index (χ3v) is 3.25. The molecule has 19 heavy (non-hydrogen) atoms. The van der Waals surface area contributed by atoms with E-state index in [0.717, 1.165) is 18.7 Å². The van der Waals surface area contributed by atoms with Crippen LogP contribution >= 0.6 is 24.8 Å². The predicted octanol–water partition coefficient (Wildman–Crippen LogP) is 0.690. The largest absolute Gasteiger partial charge is 0.352 e. The van der Waals surface area contributed by atoms with E-state index in [0.29, 0.717) is 12.5 Å². The number of aromatic amines is 1. The molecule has 1 amide bonds. The van der Waals surface area contributed by atoms with E-state index in [1.807, 2.05) is 6.92 Å².